The second-order valence-electron chi connectivity index (χ2n) is 4.37. The minimum atomic E-state index is 0.969. The Labute approximate surface area is 124 Å². The van der Waals surface area contributed by atoms with Crippen LogP contribution in [0.25, 0.3) is 0 Å². The third-order valence-electron chi connectivity index (χ3n) is 2.78. The highest BCUT2D eigenvalue weighted by atomic mass is 32.2. The van der Waals surface area contributed by atoms with E-state index in [2.05, 4.69) is 34.3 Å². The van der Waals surface area contributed by atoms with E-state index >= 15 is 0 Å². The normalized spacial score (nSPS) is 11.2. The molecule has 0 unspecified atom stereocenters. The molecule has 0 aliphatic heterocycles. The first-order valence-electron chi connectivity index (χ1n) is 6.74. The van der Waals surface area contributed by atoms with E-state index in [-0.39, 0.29) is 0 Å². The average Bonchev–Trinajstić information content (AvgIpc) is 2.87. The molecule has 1 aromatic rings. The monoisotopic (exact) mass is 303 g/mol. The van der Waals surface area contributed by atoms with Crippen LogP contribution in [0.2, 0.25) is 0 Å². The zero-order valence-corrected chi connectivity index (χ0v) is 14.0. The van der Waals surface area contributed by atoms with E-state index < -0.39 is 0 Å². The fourth-order valence-electron chi connectivity index (χ4n) is 1.55. The minimum Gasteiger partial charge on any atom is -0.353 e. The van der Waals surface area contributed by atoms with Crippen molar-refractivity contribution in [1.82, 2.24) is 20.4 Å². The van der Waals surface area contributed by atoms with Gasteiger partial charge in [-0.1, -0.05) is 36.9 Å². The van der Waals surface area contributed by atoms with Crippen LogP contribution in [-0.4, -0.2) is 67.7 Å². The highest BCUT2D eigenvalue weighted by molar-refractivity contribution is 8.01. The van der Waals surface area contributed by atoms with Crippen LogP contribution in [0, 0.1) is 0 Å². The summed E-state index contributed by atoms with van der Waals surface area (Å²) < 4.78 is 1.05. The van der Waals surface area contributed by atoms with E-state index in [1.807, 2.05) is 19.0 Å². The number of hydrogen-bond acceptors (Lipinski definition) is 7. The molecule has 1 N–H and O–H groups in total. The number of thioether (sulfide) groups is 1. The zero-order chi connectivity index (χ0) is 14.1. The number of nitrogens with zero attached hydrogens (tertiary/aromatic N) is 4. The Hall–Kier alpha value is -0.370. The first-order valence-corrected chi connectivity index (χ1v) is 8.54. The molecule has 0 fully saturated rings. The Morgan fingerprint density at radius 3 is 2.47 bits per heavy atom. The third kappa shape index (κ3) is 6.56. The lowest BCUT2D eigenvalue weighted by Gasteiger charge is -2.17. The molecule has 0 saturated carbocycles. The van der Waals surface area contributed by atoms with Crippen LogP contribution < -0.4 is 10.2 Å². The van der Waals surface area contributed by atoms with Gasteiger partial charge in [0.15, 0.2) is 4.34 Å². The molecule has 5 nitrogen and oxygen atoms in total. The van der Waals surface area contributed by atoms with Gasteiger partial charge in [0, 0.05) is 39.5 Å². The molecule has 1 heterocycles. The van der Waals surface area contributed by atoms with Crippen LogP contribution in [-0.2, 0) is 0 Å². The molecule has 0 amide bonds. The second kappa shape index (κ2) is 9.52. The number of nitrogens with one attached hydrogen (secondary N) is 1. The number of hydrogen-bond donors (Lipinski definition) is 1. The Morgan fingerprint density at radius 1 is 1.16 bits per heavy atom. The third-order valence-corrected chi connectivity index (χ3v) is 5.01. The number of likely N-dealkylation sites (N-methyl/N-ethyl adjacent to an activating group) is 1. The molecular formula is C12H25N5S2. The van der Waals surface area contributed by atoms with E-state index in [4.69, 9.17) is 0 Å². The summed E-state index contributed by atoms with van der Waals surface area (Å²) in [6.45, 7) is 9.87. The van der Waals surface area contributed by atoms with Crippen LogP contribution in [0.5, 0.6) is 0 Å². The fourth-order valence-corrected chi connectivity index (χ4v) is 3.29. The largest absolute Gasteiger partial charge is 0.353 e. The van der Waals surface area contributed by atoms with E-state index in [1.165, 1.54) is 0 Å². The molecule has 0 atom stereocenters. The summed E-state index contributed by atoms with van der Waals surface area (Å²) in [7, 11) is 3.98. The molecule has 19 heavy (non-hydrogen) atoms. The van der Waals surface area contributed by atoms with Crippen molar-refractivity contribution >= 4 is 28.2 Å². The van der Waals surface area contributed by atoms with Crippen LogP contribution in [0.15, 0.2) is 4.34 Å². The van der Waals surface area contributed by atoms with Gasteiger partial charge in [0.1, 0.15) is 0 Å². The molecule has 7 heteroatoms. The standard InChI is InChI=1S/C12H25N5S2/c1-5-17(6-2)9-7-13-8-10-18-12-15-14-11(19-12)16(3)4/h13H,5-10H2,1-4H3. The molecule has 0 aromatic carbocycles. The topological polar surface area (TPSA) is 44.3 Å². The van der Waals surface area contributed by atoms with E-state index in [0.29, 0.717) is 0 Å². The number of aromatic nitrogens is 2. The molecule has 0 aliphatic carbocycles. The lowest BCUT2D eigenvalue weighted by atomic mass is 10.4. The summed E-state index contributed by atoms with van der Waals surface area (Å²) >= 11 is 3.42. The SMILES string of the molecule is CCN(CC)CCNCCSc1nnc(N(C)C)s1. The lowest BCUT2D eigenvalue weighted by Crippen LogP contribution is -2.32. The summed E-state index contributed by atoms with van der Waals surface area (Å²) in [5.41, 5.74) is 0. The fraction of sp³-hybridized carbons (Fsp3) is 0.833. The van der Waals surface area contributed by atoms with Crippen molar-refractivity contribution in [2.45, 2.75) is 18.2 Å². The molecule has 1 aromatic heterocycles. The van der Waals surface area contributed by atoms with Crippen molar-refractivity contribution in [1.29, 1.82) is 0 Å². The minimum absolute atomic E-state index is 0.969. The first-order chi connectivity index (χ1) is 9.17. The van der Waals surface area contributed by atoms with E-state index in [1.54, 1.807) is 23.1 Å². The van der Waals surface area contributed by atoms with Crippen LogP contribution in [0.3, 0.4) is 0 Å². The predicted octanol–water partition coefficient (Wildman–Crippen LogP) is 1.63. The molecule has 0 spiro atoms. The van der Waals surface area contributed by atoms with Gasteiger partial charge in [-0.25, -0.2) is 0 Å². The Bertz CT molecular complexity index is 339. The molecule has 0 saturated heterocycles. The van der Waals surface area contributed by atoms with Gasteiger partial charge in [0.25, 0.3) is 0 Å². The van der Waals surface area contributed by atoms with Crippen molar-refractivity contribution in [3.05, 3.63) is 0 Å². The van der Waals surface area contributed by atoms with Gasteiger partial charge in [0.2, 0.25) is 5.13 Å². The maximum Gasteiger partial charge on any atom is 0.208 e. The first kappa shape index (κ1) is 16.7. The molecule has 110 valence electrons. The number of anilines is 1. The summed E-state index contributed by atoms with van der Waals surface area (Å²) in [6.07, 6.45) is 0. The van der Waals surface area contributed by atoms with Crippen LogP contribution in [0.1, 0.15) is 13.8 Å². The van der Waals surface area contributed by atoms with Gasteiger partial charge in [-0.2, -0.15) is 0 Å². The highest BCUT2D eigenvalue weighted by Gasteiger charge is 2.05. The Kier molecular flexibility index (Phi) is 8.36. The van der Waals surface area contributed by atoms with Crippen molar-refractivity contribution in [3.63, 3.8) is 0 Å². The Morgan fingerprint density at radius 2 is 1.89 bits per heavy atom. The summed E-state index contributed by atoms with van der Waals surface area (Å²) in [5.74, 6) is 1.04. The van der Waals surface area contributed by atoms with Gasteiger partial charge >= 0.3 is 0 Å². The van der Waals surface area contributed by atoms with Crippen molar-refractivity contribution in [3.8, 4) is 0 Å². The lowest BCUT2D eigenvalue weighted by molar-refractivity contribution is 0.303. The quantitative estimate of drug-likeness (QED) is 0.523. The predicted molar refractivity (Wildman–Crippen MR) is 85.6 cm³/mol. The summed E-state index contributed by atoms with van der Waals surface area (Å²) in [5, 5.41) is 12.7. The van der Waals surface area contributed by atoms with Crippen molar-refractivity contribution < 1.29 is 0 Å². The van der Waals surface area contributed by atoms with Gasteiger partial charge < -0.3 is 15.1 Å². The van der Waals surface area contributed by atoms with Crippen molar-refractivity contribution in [2.24, 2.45) is 0 Å². The zero-order valence-electron chi connectivity index (χ0n) is 12.3. The number of rotatable bonds is 10. The summed E-state index contributed by atoms with van der Waals surface area (Å²) in [4.78, 5) is 4.41. The van der Waals surface area contributed by atoms with Gasteiger partial charge in [-0.15, -0.1) is 10.2 Å². The highest BCUT2D eigenvalue weighted by Crippen LogP contribution is 2.26. The molecule has 0 bridgehead atoms. The van der Waals surface area contributed by atoms with Crippen LogP contribution in [0.4, 0.5) is 5.13 Å². The van der Waals surface area contributed by atoms with Crippen molar-refractivity contribution in [2.75, 3.05) is 57.5 Å². The van der Waals surface area contributed by atoms with E-state index in [9.17, 15) is 0 Å². The molecule has 0 radical (unpaired) electrons. The van der Waals surface area contributed by atoms with Crippen LogP contribution >= 0.6 is 23.1 Å². The van der Waals surface area contributed by atoms with E-state index in [0.717, 1.165) is 47.9 Å². The second-order valence-corrected chi connectivity index (χ2v) is 6.67. The average molecular weight is 304 g/mol. The van der Waals surface area contributed by atoms with Gasteiger partial charge in [-0.3, -0.25) is 0 Å². The molecule has 0 aliphatic rings. The molecular weight excluding hydrogens is 278 g/mol. The maximum absolute atomic E-state index is 4.16. The Balaban J connectivity index is 2.07. The van der Waals surface area contributed by atoms with Gasteiger partial charge in [-0.05, 0) is 13.1 Å². The summed E-state index contributed by atoms with van der Waals surface area (Å²) in [6, 6.07) is 0. The smallest absolute Gasteiger partial charge is 0.208 e. The molecule has 1 rings (SSSR count). The maximum atomic E-state index is 4.16. The van der Waals surface area contributed by atoms with Gasteiger partial charge in [0.05, 0.1) is 0 Å².